The van der Waals surface area contributed by atoms with E-state index in [9.17, 15) is 19.6 Å². The molecule has 2 aromatic rings. The average Bonchev–Trinajstić information content (AvgIpc) is 3.59. The van der Waals surface area contributed by atoms with E-state index in [-0.39, 0.29) is 38.0 Å². The summed E-state index contributed by atoms with van der Waals surface area (Å²) in [5.74, 6) is -1.15. The van der Waals surface area contributed by atoms with Gasteiger partial charge in [0.2, 0.25) is 5.60 Å². The number of nitriles is 1. The number of rotatable bonds is 13. The van der Waals surface area contributed by atoms with E-state index in [1.54, 1.807) is 32.9 Å². The fourth-order valence-corrected chi connectivity index (χ4v) is 5.34. The van der Waals surface area contributed by atoms with E-state index in [4.69, 9.17) is 35.2 Å². The molecule has 15 heteroatoms. The minimum atomic E-state index is -1.88. The van der Waals surface area contributed by atoms with Gasteiger partial charge < -0.3 is 35.2 Å². The van der Waals surface area contributed by atoms with Crippen LogP contribution in [0.1, 0.15) is 71.1 Å². The summed E-state index contributed by atoms with van der Waals surface area (Å²) in [7, 11) is 0. The molecule has 3 heterocycles. The number of nitrogens with two attached hydrogens (primary N) is 2. The Labute approximate surface area is 255 Å². The van der Waals surface area contributed by atoms with Gasteiger partial charge in [0.25, 0.3) is 0 Å². The zero-order valence-electron chi connectivity index (χ0n) is 25.3. The molecule has 4 rings (SSSR count). The van der Waals surface area contributed by atoms with Gasteiger partial charge in [-0.1, -0.05) is 13.8 Å². The van der Waals surface area contributed by atoms with Gasteiger partial charge in [0.05, 0.1) is 25.6 Å². The third-order valence-electron chi connectivity index (χ3n) is 8.00. The standard InChI is InChI=1S/C29H41N7O8/c1-4-22(37)42-25-24(20-10-11-21-27(32)33-15-35-36(20)21)44-29(13-30,26(25)43-23(38)5-2)14-40-16-34-17(3)28(39)41-12-18-6-8-19(31)9-7-18/h10-11,15,17-19,24-26,34H,4-9,12,14,16,31H2,1-3H3,(H2,32,33,35)/t17-,18?,19?,24-,25-,26-,29+/m0/s1. The Balaban J connectivity index is 1.48. The lowest BCUT2D eigenvalue weighted by atomic mass is 9.87. The van der Waals surface area contributed by atoms with Gasteiger partial charge in [0.1, 0.15) is 30.1 Å². The van der Waals surface area contributed by atoms with Crippen molar-refractivity contribution in [2.45, 2.75) is 95.3 Å². The van der Waals surface area contributed by atoms with E-state index in [2.05, 4.69) is 21.5 Å². The van der Waals surface area contributed by atoms with Gasteiger partial charge in [-0.05, 0) is 50.7 Å². The van der Waals surface area contributed by atoms with Crippen molar-refractivity contribution in [2.24, 2.45) is 11.7 Å². The maximum Gasteiger partial charge on any atom is 0.322 e. The predicted molar refractivity (Wildman–Crippen MR) is 154 cm³/mol. The molecule has 2 aromatic heterocycles. The lowest BCUT2D eigenvalue weighted by molar-refractivity contribution is -0.170. The second kappa shape index (κ2) is 14.8. The number of hydrogen-bond donors (Lipinski definition) is 3. The van der Waals surface area contributed by atoms with Crippen LogP contribution in [0.3, 0.4) is 0 Å². The first-order chi connectivity index (χ1) is 21.1. The van der Waals surface area contributed by atoms with Gasteiger partial charge in [-0.3, -0.25) is 19.7 Å². The van der Waals surface area contributed by atoms with Crippen LogP contribution in [0.25, 0.3) is 5.52 Å². The molecule has 1 saturated heterocycles. The molecule has 1 saturated carbocycles. The Bertz CT molecular complexity index is 1350. The minimum absolute atomic E-state index is 0.00460. The molecule has 240 valence electrons. The molecular weight excluding hydrogens is 574 g/mol. The first kappa shape index (κ1) is 33.1. The van der Waals surface area contributed by atoms with Crippen molar-refractivity contribution < 1.29 is 38.1 Å². The molecule has 0 aromatic carbocycles. The number of anilines is 1. The van der Waals surface area contributed by atoms with Gasteiger partial charge in [0.15, 0.2) is 18.0 Å². The number of aromatic nitrogens is 3. The summed E-state index contributed by atoms with van der Waals surface area (Å²) >= 11 is 0. The summed E-state index contributed by atoms with van der Waals surface area (Å²) in [6.07, 6.45) is 1.33. The molecule has 5 atom stereocenters. The number of carbonyl (C=O) groups excluding carboxylic acids is 3. The Morgan fingerprint density at radius 3 is 2.57 bits per heavy atom. The van der Waals surface area contributed by atoms with Crippen LogP contribution in [0.2, 0.25) is 0 Å². The fourth-order valence-electron chi connectivity index (χ4n) is 5.34. The molecule has 0 amide bonds. The molecule has 1 aliphatic heterocycles. The number of ether oxygens (including phenoxy) is 5. The Morgan fingerprint density at radius 1 is 1.18 bits per heavy atom. The van der Waals surface area contributed by atoms with Crippen molar-refractivity contribution in [3.05, 3.63) is 24.2 Å². The highest BCUT2D eigenvalue weighted by atomic mass is 16.7. The molecular formula is C29H41N7O8. The number of nitrogens with one attached hydrogen (secondary N) is 1. The number of carbonyl (C=O) groups is 3. The van der Waals surface area contributed by atoms with Crippen LogP contribution in [0.4, 0.5) is 5.82 Å². The van der Waals surface area contributed by atoms with E-state index in [1.165, 1.54) is 10.8 Å². The van der Waals surface area contributed by atoms with Gasteiger partial charge in [0, 0.05) is 18.9 Å². The highest BCUT2D eigenvalue weighted by Crippen LogP contribution is 2.44. The van der Waals surface area contributed by atoms with E-state index in [0.717, 1.165) is 25.7 Å². The molecule has 0 unspecified atom stereocenters. The highest BCUT2D eigenvalue weighted by molar-refractivity contribution is 5.75. The molecule has 2 fully saturated rings. The van der Waals surface area contributed by atoms with Gasteiger partial charge in [-0.15, -0.1) is 0 Å². The molecule has 44 heavy (non-hydrogen) atoms. The van der Waals surface area contributed by atoms with Crippen LogP contribution in [-0.4, -0.2) is 82.3 Å². The first-order valence-electron chi connectivity index (χ1n) is 14.9. The van der Waals surface area contributed by atoms with Crippen LogP contribution in [0.5, 0.6) is 0 Å². The zero-order chi connectivity index (χ0) is 31.9. The van der Waals surface area contributed by atoms with E-state index in [0.29, 0.717) is 23.7 Å². The largest absolute Gasteiger partial charge is 0.464 e. The molecule has 0 spiro atoms. The van der Waals surface area contributed by atoms with Crippen molar-refractivity contribution >= 4 is 29.2 Å². The maximum absolute atomic E-state index is 12.5. The molecule has 0 radical (unpaired) electrons. The Morgan fingerprint density at radius 2 is 1.89 bits per heavy atom. The highest BCUT2D eigenvalue weighted by Gasteiger charge is 2.61. The normalized spacial score (nSPS) is 27.4. The summed E-state index contributed by atoms with van der Waals surface area (Å²) in [6.45, 7) is 4.64. The molecule has 1 aliphatic carbocycles. The smallest absolute Gasteiger partial charge is 0.322 e. The Kier molecular flexibility index (Phi) is 11.1. The summed E-state index contributed by atoms with van der Waals surface area (Å²) < 4.78 is 30.4. The van der Waals surface area contributed by atoms with Crippen molar-refractivity contribution in [3.63, 3.8) is 0 Å². The predicted octanol–water partition coefficient (Wildman–Crippen LogP) is 1.30. The maximum atomic E-state index is 12.5. The zero-order valence-corrected chi connectivity index (χ0v) is 25.3. The van der Waals surface area contributed by atoms with Crippen LogP contribution < -0.4 is 16.8 Å². The average molecular weight is 616 g/mol. The third-order valence-corrected chi connectivity index (χ3v) is 8.00. The summed E-state index contributed by atoms with van der Waals surface area (Å²) in [5, 5.41) is 17.6. The quantitative estimate of drug-likeness (QED) is 0.125. The SMILES string of the molecule is CCC(=O)O[C@H]1[C@H](c2ccc3c(N)ncnn23)O[C@](C#N)(COCN[C@@H](C)C(=O)OCC2CCC(N)CC2)[C@H]1OC(=O)CC. The summed E-state index contributed by atoms with van der Waals surface area (Å²) in [4.78, 5) is 41.6. The second-order valence-electron chi connectivity index (χ2n) is 11.1. The minimum Gasteiger partial charge on any atom is -0.464 e. The number of esters is 3. The topological polar surface area (TPSA) is 215 Å². The molecule has 5 N–H and O–H groups in total. The summed E-state index contributed by atoms with van der Waals surface area (Å²) in [6, 6.07) is 4.93. The monoisotopic (exact) mass is 615 g/mol. The number of nitrogen functional groups attached to an aromatic ring is 1. The van der Waals surface area contributed by atoms with Crippen LogP contribution in [0.15, 0.2) is 18.5 Å². The number of nitrogens with zero attached hydrogens (tertiary/aromatic N) is 4. The van der Waals surface area contributed by atoms with Crippen molar-refractivity contribution in [1.82, 2.24) is 19.9 Å². The van der Waals surface area contributed by atoms with Gasteiger partial charge >= 0.3 is 17.9 Å². The lowest BCUT2D eigenvalue weighted by Gasteiger charge is -2.29. The van der Waals surface area contributed by atoms with Gasteiger partial charge in [-0.2, -0.15) is 10.4 Å². The lowest BCUT2D eigenvalue weighted by Crippen LogP contribution is -2.50. The number of fused-ring (bicyclic) bond motifs is 1. The molecule has 2 aliphatic rings. The fraction of sp³-hybridized carbons (Fsp3) is 0.655. The molecule has 0 bridgehead atoms. The van der Waals surface area contributed by atoms with Gasteiger partial charge in [-0.25, -0.2) is 9.50 Å². The van der Waals surface area contributed by atoms with Crippen molar-refractivity contribution in [2.75, 3.05) is 25.7 Å². The van der Waals surface area contributed by atoms with Crippen molar-refractivity contribution in [3.8, 4) is 6.07 Å². The first-order valence-corrected chi connectivity index (χ1v) is 14.9. The summed E-state index contributed by atoms with van der Waals surface area (Å²) in [5.41, 5.74) is 10.9. The second-order valence-corrected chi connectivity index (χ2v) is 11.1. The molecule has 15 nitrogen and oxygen atoms in total. The number of hydrogen-bond acceptors (Lipinski definition) is 14. The third kappa shape index (κ3) is 7.44. The van der Waals surface area contributed by atoms with E-state index >= 15 is 0 Å². The van der Waals surface area contributed by atoms with E-state index in [1.807, 2.05) is 0 Å². The van der Waals surface area contributed by atoms with Crippen LogP contribution in [-0.2, 0) is 38.1 Å². The Hall–Kier alpha value is -3.84. The van der Waals surface area contributed by atoms with Crippen LogP contribution in [0, 0.1) is 17.2 Å². The van der Waals surface area contributed by atoms with E-state index < -0.39 is 47.9 Å². The van der Waals surface area contributed by atoms with Crippen LogP contribution >= 0.6 is 0 Å². The van der Waals surface area contributed by atoms with Crippen molar-refractivity contribution in [1.29, 1.82) is 5.26 Å².